The molecule has 1 aliphatic rings. The van der Waals surface area contributed by atoms with Gasteiger partial charge in [0.15, 0.2) is 5.82 Å². The van der Waals surface area contributed by atoms with E-state index in [0.29, 0.717) is 12.3 Å². The van der Waals surface area contributed by atoms with Gasteiger partial charge in [0.2, 0.25) is 5.89 Å². The van der Waals surface area contributed by atoms with Crippen LogP contribution in [-0.4, -0.2) is 16.2 Å². The third-order valence-electron chi connectivity index (χ3n) is 4.44. The lowest BCUT2D eigenvalue weighted by atomic mass is 9.85. The first-order chi connectivity index (χ1) is 9.95. The van der Waals surface area contributed by atoms with Crippen LogP contribution in [0.15, 0.2) is 28.8 Å². The molecule has 4 nitrogen and oxygen atoms in total. The van der Waals surface area contributed by atoms with Crippen molar-refractivity contribution in [3.8, 4) is 0 Å². The molecule has 4 heteroatoms. The number of nitrogens with zero attached hydrogens (tertiary/aromatic N) is 2. The smallest absolute Gasteiger partial charge is 0.228 e. The molecule has 2 N–H and O–H groups in total. The normalized spacial score (nSPS) is 19.5. The molecule has 2 aromatic rings. The van der Waals surface area contributed by atoms with Gasteiger partial charge in [-0.3, -0.25) is 0 Å². The van der Waals surface area contributed by atoms with Gasteiger partial charge in [-0.05, 0) is 29.4 Å². The summed E-state index contributed by atoms with van der Waals surface area (Å²) < 4.78 is 5.42. The average molecular weight is 285 g/mol. The van der Waals surface area contributed by atoms with Crippen LogP contribution in [0.2, 0.25) is 0 Å². The van der Waals surface area contributed by atoms with E-state index >= 15 is 0 Å². The molecule has 0 saturated carbocycles. The van der Waals surface area contributed by atoms with E-state index in [0.717, 1.165) is 18.7 Å². The third-order valence-corrected chi connectivity index (χ3v) is 4.44. The standard InChI is InChI=1S/C17H23N3O/c1-17(2,3)14(18)10-15-19-16(20-21-15)13-9-8-11-6-4-5-7-12(11)13/h4-7,13-14H,8-10,18H2,1-3H3. The summed E-state index contributed by atoms with van der Waals surface area (Å²) in [6.45, 7) is 6.38. The third kappa shape index (κ3) is 2.86. The minimum atomic E-state index is 0.0154. The van der Waals surface area contributed by atoms with Crippen molar-refractivity contribution in [3.63, 3.8) is 0 Å². The summed E-state index contributed by atoms with van der Waals surface area (Å²) in [5.41, 5.74) is 8.97. The summed E-state index contributed by atoms with van der Waals surface area (Å²) in [4.78, 5) is 4.59. The Hall–Kier alpha value is -1.68. The molecule has 0 radical (unpaired) electrons. The van der Waals surface area contributed by atoms with E-state index in [1.165, 1.54) is 11.1 Å². The Bertz CT molecular complexity index is 627. The summed E-state index contributed by atoms with van der Waals surface area (Å²) in [5, 5.41) is 4.19. The summed E-state index contributed by atoms with van der Waals surface area (Å²) in [6, 6.07) is 8.54. The molecule has 0 saturated heterocycles. The number of fused-ring (bicyclic) bond motifs is 1. The lowest BCUT2D eigenvalue weighted by Crippen LogP contribution is -2.37. The average Bonchev–Trinajstić information content (AvgIpc) is 3.03. The van der Waals surface area contributed by atoms with Gasteiger partial charge in [-0.2, -0.15) is 4.98 Å². The predicted octanol–water partition coefficient (Wildman–Crippen LogP) is 3.06. The van der Waals surface area contributed by atoms with Crippen LogP contribution in [0.25, 0.3) is 0 Å². The Balaban J connectivity index is 1.78. The SMILES string of the molecule is CC(C)(C)C(N)Cc1nc(C2CCc3ccccc32)no1. The van der Waals surface area contributed by atoms with Gasteiger partial charge >= 0.3 is 0 Å². The van der Waals surface area contributed by atoms with Crippen molar-refractivity contribution < 1.29 is 4.52 Å². The molecule has 21 heavy (non-hydrogen) atoms. The lowest BCUT2D eigenvalue weighted by Gasteiger charge is -2.25. The summed E-state index contributed by atoms with van der Waals surface area (Å²) >= 11 is 0. The van der Waals surface area contributed by atoms with E-state index in [-0.39, 0.29) is 17.4 Å². The zero-order valence-electron chi connectivity index (χ0n) is 13.0. The molecule has 0 aliphatic heterocycles. The zero-order valence-corrected chi connectivity index (χ0v) is 13.0. The van der Waals surface area contributed by atoms with E-state index in [1.54, 1.807) is 0 Å². The minimum Gasteiger partial charge on any atom is -0.339 e. The van der Waals surface area contributed by atoms with E-state index in [4.69, 9.17) is 10.3 Å². The van der Waals surface area contributed by atoms with Gasteiger partial charge in [-0.1, -0.05) is 50.2 Å². The molecular formula is C17H23N3O. The molecule has 2 atom stereocenters. The van der Waals surface area contributed by atoms with Gasteiger partial charge in [0.25, 0.3) is 0 Å². The number of rotatable bonds is 3. The fraction of sp³-hybridized carbons (Fsp3) is 0.529. The summed E-state index contributed by atoms with van der Waals surface area (Å²) in [7, 11) is 0. The Morgan fingerprint density at radius 3 is 2.86 bits per heavy atom. The second-order valence-electron chi connectivity index (χ2n) is 7.01. The number of hydrogen-bond acceptors (Lipinski definition) is 4. The van der Waals surface area contributed by atoms with Crippen molar-refractivity contribution in [2.75, 3.05) is 0 Å². The van der Waals surface area contributed by atoms with Crippen molar-refractivity contribution in [3.05, 3.63) is 47.1 Å². The zero-order chi connectivity index (χ0) is 15.0. The van der Waals surface area contributed by atoms with E-state index in [1.807, 2.05) is 0 Å². The van der Waals surface area contributed by atoms with Crippen molar-refractivity contribution in [2.45, 2.75) is 52.0 Å². The fourth-order valence-electron chi connectivity index (χ4n) is 2.81. The number of nitrogens with two attached hydrogens (primary N) is 1. The maximum Gasteiger partial charge on any atom is 0.228 e. The van der Waals surface area contributed by atoms with Crippen LogP contribution < -0.4 is 5.73 Å². The highest BCUT2D eigenvalue weighted by Crippen LogP contribution is 2.36. The van der Waals surface area contributed by atoms with Crippen molar-refractivity contribution in [1.29, 1.82) is 0 Å². The van der Waals surface area contributed by atoms with E-state index < -0.39 is 0 Å². The Kier molecular flexibility index (Phi) is 3.57. The number of aryl methyl sites for hydroxylation is 1. The first kappa shape index (κ1) is 14.3. The second-order valence-corrected chi connectivity index (χ2v) is 7.01. The molecule has 1 heterocycles. The summed E-state index contributed by atoms with van der Waals surface area (Å²) in [6.07, 6.45) is 2.78. The Labute approximate surface area is 125 Å². The monoisotopic (exact) mass is 285 g/mol. The first-order valence-electron chi connectivity index (χ1n) is 7.61. The molecule has 2 unspecified atom stereocenters. The van der Waals surface area contributed by atoms with Gasteiger partial charge < -0.3 is 10.3 Å². The highest BCUT2D eigenvalue weighted by Gasteiger charge is 2.29. The maximum absolute atomic E-state index is 6.19. The molecule has 0 bridgehead atoms. The molecule has 3 rings (SSSR count). The second kappa shape index (κ2) is 5.26. The molecule has 1 aromatic heterocycles. The van der Waals surface area contributed by atoms with Gasteiger partial charge in [0.05, 0.1) is 0 Å². The van der Waals surface area contributed by atoms with Crippen LogP contribution in [0.3, 0.4) is 0 Å². The van der Waals surface area contributed by atoms with Crippen LogP contribution in [0, 0.1) is 5.41 Å². The highest BCUT2D eigenvalue weighted by molar-refractivity contribution is 5.38. The van der Waals surface area contributed by atoms with Crippen LogP contribution >= 0.6 is 0 Å². The Morgan fingerprint density at radius 1 is 1.33 bits per heavy atom. The quantitative estimate of drug-likeness (QED) is 0.941. The van der Waals surface area contributed by atoms with Gasteiger partial charge in [-0.15, -0.1) is 0 Å². The van der Waals surface area contributed by atoms with Crippen LogP contribution in [0.1, 0.15) is 56.0 Å². The van der Waals surface area contributed by atoms with Gasteiger partial charge in [0.1, 0.15) is 0 Å². The summed E-state index contributed by atoms with van der Waals surface area (Å²) in [5.74, 6) is 1.72. The lowest BCUT2D eigenvalue weighted by molar-refractivity contribution is 0.285. The largest absolute Gasteiger partial charge is 0.339 e. The van der Waals surface area contributed by atoms with Crippen LogP contribution in [0.5, 0.6) is 0 Å². The van der Waals surface area contributed by atoms with Crippen molar-refractivity contribution in [2.24, 2.45) is 11.1 Å². The van der Waals surface area contributed by atoms with Gasteiger partial charge in [0, 0.05) is 18.4 Å². The molecule has 0 spiro atoms. The molecular weight excluding hydrogens is 262 g/mol. The number of aromatic nitrogens is 2. The predicted molar refractivity (Wildman–Crippen MR) is 82.0 cm³/mol. The highest BCUT2D eigenvalue weighted by atomic mass is 16.5. The molecule has 0 fully saturated rings. The first-order valence-corrected chi connectivity index (χ1v) is 7.61. The van der Waals surface area contributed by atoms with Crippen molar-refractivity contribution in [1.82, 2.24) is 10.1 Å². The van der Waals surface area contributed by atoms with Gasteiger partial charge in [-0.25, -0.2) is 0 Å². The molecule has 1 aromatic carbocycles. The van der Waals surface area contributed by atoms with E-state index in [9.17, 15) is 0 Å². The number of hydrogen-bond donors (Lipinski definition) is 1. The maximum atomic E-state index is 6.19. The fourth-order valence-corrected chi connectivity index (χ4v) is 2.81. The van der Waals surface area contributed by atoms with Crippen LogP contribution in [0.4, 0.5) is 0 Å². The van der Waals surface area contributed by atoms with Crippen molar-refractivity contribution >= 4 is 0 Å². The molecule has 112 valence electrons. The Morgan fingerprint density at radius 2 is 2.10 bits per heavy atom. The van der Waals surface area contributed by atoms with E-state index in [2.05, 4.69) is 55.2 Å². The number of benzene rings is 1. The van der Waals surface area contributed by atoms with Crippen LogP contribution in [-0.2, 0) is 12.8 Å². The molecule has 0 amide bonds. The topological polar surface area (TPSA) is 64.9 Å². The molecule has 1 aliphatic carbocycles. The minimum absolute atomic E-state index is 0.0154.